The predicted molar refractivity (Wildman–Crippen MR) is 79.5 cm³/mol. The molecule has 0 radical (unpaired) electrons. The third kappa shape index (κ3) is 2.64. The van der Waals surface area contributed by atoms with Crippen molar-refractivity contribution >= 4 is 5.91 Å². The van der Waals surface area contributed by atoms with Gasteiger partial charge < -0.3 is 10.4 Å². The summed E-state index contributed by atoms with van der Waals surface area (Å²) in [4.78, 5) is 12.0. The van der Waals surface area contributed by atoms with Crippen LogP contribution >= 0.6 is 0 Å². The van der Waals surface area contributed by atoms with Crippen LogP contribution in [0, 0.1) is 0 Å². The lowest BCUT2D eigenvalue weighted by Gasteiger charge is -2.41. The number of benzene rings is 1. The van der Waals surface area contributed by atoms with Gasteiger partial charge in [0.05, 0.1) is 11.7 Å². The van der Waals surface area contributed by atoms with Crippen molar-refractivity contribution in [2.24, 2.45) is 0 Å². The molecule has 0 saturated heterocycles. The Hall–Kier alpha value is -2.42. The van der Waals surface area contributed by atoms with Crippen molar-refractivity contribution in [1.29, 1.82) is 0 Å². The molecule has 24 heavy (non-hydrogen) atoms. The second-order valence-corrected chi connectivity index (χ2v) is 5.94. The van der Waals surface area contributed by atoms with Crippen molar-refractivity contribution in [1.82, 2.24) is 25.5 Å². The molecular weight excluding hydrogens is 320 g/mol. The Morgan fingerprint density at radius 1 is 1.38 bits per heavy atom. The van der Waals surface area contributed by atoms with Crippen LogP contribution in [0.1, 0.15) is 38.1 Å². The molecule has 1 aromatic carbocycles. The van der Waals surface area contributed by atoms with E-state index in [1.807, 2.05) is 6.07 Å². The number of nitrogens with one attached hydrogen (secondary N) is 1. The molecule has 1 amide bonds. The summed E-state index contributed by atoms with van der Waals surface area (Å²) < 4.78 is 29.7. The minimum absolute atomic E-state index is 0.0937. The Balaban J connectivity index is 1.78. The number of hydrogen-bond acceptors (Lipinski definition) is 5. The number of aliphatic hydroxyl groups is 1. The molecule has 3 rings (SSSR count). The monoisotopic (exact) mass is 337 g/mol. The topological polar surface area (TPSA) is 92.9 Å². The zero-order valence-corrected chi connectivity index (χ0v) is 13.0. The minimum atomic E-state index is -3.86. The molecular formula is C15H17F2N5O2. The van der Waals surface area contributed by atoms with Gasteiger partial charge in [0, 0.05) is 0 Å². The van der Waals surface area contributed by atoms with Crippen molar-refractivity contribution in [3.63, 3.8) is 0 Å². The highest BCUT2D eigenvalue weighted by molar-refractivity contribution is 5.85. The van der Waals surface area contributed by atoms with E-state index in [1.54, 1.807) is 24.3 Å². The first kappa shape index (κ1) is 16.4. The summed E-state index contributed by atoms with van der Waals surface area (Å²) in [5.41, 5.74) is -1.62. The summed E-state index contributed by atoms with van der Waals surface area (Å²) in [6.07, 6.45) is 0.286. The van der Waals surface area contributed by atoms with Gasteiger partial charge in [0.25, 0.3) is 5.91 Å². The maximum atomic E-state index is 14.2. The molecule has 1 unspecified atom stereocenters. The predicted octanol–water partition coefficient (Wildman–Crippen LogP) is 1.39. The van der Waals surface area contributed by atoms with E-state index in [4.69, 9.17) is 0 Å². The van der Waals surface area contributed by atoms with Crippen LogP contribution in [0.4, 0.5) is 8.78 Å². The van der Waals surface area contributed by atoms with Crippen LogP contribution in [-0.2, 0) is 4.79 Å². The first-order valence-electron chi connectivity index (χ1n) is 7.60. The van der Waals surface area contributed by atoms with Crippen molar-refractivity contribution in [2.45, 2.75) is 43.8 Å². The summed E-state index contributed by atoms with van der Waals surface area (Å²) >= 11 is 0. The fraction of sp³-hybridized carbons (Fsp3) is 0.467. The lowest BCUT2D eigenvalue weighted by atomic mass is 9.75. The molecule has 1 aromatic heterocycles. The van der Waals surface area contributed by atoms with Crippen molar-refractivity contribution in [3.8, 4) is 5.69 Å². The van der Waals surface area contributed by atoms with Gasteiger partial charge in [0.2, 0.25) is 0 Å². The van der Waals surface area contributed by atoms with Gasteiger partial charge in [-0.2, -0.15) is 13.5 Å². The largest absolute Gasteiger partial charge is 0.383 e. The van der Waals surface area contributed by atoms with Gasteiger partial charge in [-0.15, -0.1) is 5.10 Å². The number of aromatic nitrogens is 4. The number of halogens is 2. The van der Waals surface area contributed by atoms with E-state index < -0.39 is 23.5 Å². The molecule has 7 nitrogen and oxygen atoms in total. The maximum Gasteiger partial charge on any atom is 0.352 e. The Labute approximate surface area is 136 Å². The second kappa shape index (κ2) is 5.90. The number of nitrogens with zero attached hydrogens (tertiary/aromatic N) is 4. The molecule has 9 heteroatoms. The van der Waals surface area contributed by atoms with E-state index in [1.165, 1.54) is 11.6 Å². The molecule has 128 valence electrons. The Morgan fingerprint density at radius 3 is 2.62 bits per heavy atom. The molecule has 2 aromatic rings. The van der Waals surface area contributed by atoms with Crippen LogP contribution in [0.2, 0.25) is 0 Å². The number of hydrogen-bond donors (Lipinski definition) is 2. The van der Waals surface area contributed by atoms with E-state index in [-0.39, 0.29) is 18.7 Å². The highest BCUT2D eigenvalue weighted by atomic mass is 19.3. The molecule has 1 aliphatic rings. The average Bonchev–Trinajstić information content (AvgIpc) is 3.02. The normalized spacial score (nSPS) is 17.8. The zero-order valence-electron chi connectivity index (χ0n) is 13.0. The molecule has 0 bridgehead atoms. The third-order valence-electron chi connectivity index (χ3n) is 4.28. The van der Waals surface area contributed by atoms with Crippen LogP contribution in [0.5, 0.6) is 0 Å². The smallest absolute Gasteiger partial charge is 0.352 e. The van der Waals surface area contributed by atoms with Crippen LogP contribution in [-0.4, -0.2) is 42.7 Å². The quantitative estimate of drug-likeness (QED) is 0.860. The number of para-hydroxylation sites is 1. The van der Waals surface area contributed by atoms with Crippen LogP contribution in [0.3, 0.4) is 0 Å². The van der Waals surface area contributed by atoms with Crippen molar-refractivity contribution in [3.05, 3.63) is 36.2 Å². The van der Waals surface area contributed by atoms with Gasteiger partial charge in [-0.3, -0.25) is 4.79 Å². The molecule has 1 heterocycles. The Morgan fingerprint density at radius 2 is 2.04 bits per heavy atom. The molecule has 0 spiro atoms. The van der Waals surface area contributed by atoms with E-state index >= 15 is 0 Å². The number of tetrazole rings is 1. The first-order chi connectivity index (χ1) is 11.3. The molecule has 1 fully saturated rings. The van der Waals surface area contributed by atoms with Gasteiger partial charge in [0.15, 0.2) is 5.82 Å². The number of amides is 1. The van der Waals surface area contributed by atoms with Gasteiger partial charge in [-0.1, -0.05) is 18.2 Å². The van der Waals surface area contributed by atoms with E-state index in [9.17, 15) is 18.7 Å². The standard InChI is InChI=1S/C15H17F2N5O2/c1-10(18-13(23)15(16,17)14(24)8-5-9-14)12-19-20-21-22(12)11-6-3-2-4-7-11/h2-4,6-7,10,24H,5,8-9H2,1H3,(H,18,23). The minimum Gasteiger partial charge on any atom is -0.383 e. The SMILES string of the molecule is CC(NC(=O)C(F)(F)C1(O)CCC1)c1nnnn1-c1ccccc1. The number of rotatable bonds is 5. The van der Waals surface area contributed by atoms with Crippen LogP contribution in [0.15, 0.2) is 30.3 Å². The lowest BCUT2D eigenvalue weighted by molar-refractivity contribution is -0.216. The van der Waals surface area contributed by atoms with E-state index in [0.29, 0.717) is 12.1 Å². The fourth-order valence-corrected chi connectivity index (χ4v) is 2.61. The summed E-state index contributed by atoms with van der Waals surface area (Å²) in [6.45, 7) is 1.50. The lowest BCUT2D eigenvalue weighted by Crippen LogP contribution is -2.60. The molecule has 0 aliphatic heterocycles. The third-order valence-corrected chi connectivity index (χ3v) is 4.28. The Bertz CT molecular complexity index is 730. The number of carbonyl (C=O) groups is 1. The van der Waals surface area contributed by atoms with Crippen LogP contribution < -0.4 is 5.32 Å². The first-order valence-corrected chi connectivity index (χ1v) is 7.60. The highest BCUT2D eigenvalue weighted by Crippen LogP contribution is 2.44. The maximum absolute atomic E-state index is 14.2. The Kier molecular flexibility index (Phi) is 4.04. The number of carbonyl (C=O) groups excluding carboxylic acids is 1. The highest BCUT2D eigenvalue weighted by Gasteiger charge is 2.61. The van der Waals surface area contributed by atoms with Gasteiger partial charge in [-0.05, 0) is 48.7 Å². The number of alkyl halides is 2. The average molecular weight is 337 g/mol. The molecule has 1 saturated carbocycles. The van der Waals surface area contributed by atoms with E-state index in [2.05, 4.69) is 20.8 Å². The summed E-state index contributed by atoms with van der Waals surface area (Å²) in [6, 6.07) is 8.02. The fourth-order valence-electron chi connectivity index (χ4n) is 2.61. The van der Waals surface area contributed by atoms with Gasteiger partial charge in [-0.25, -0.2) is 0 Å². The van der Waals surface area contributed by atoms with Crippen LogP contribution in [0.25, 0.3) is 5.69 Å². The molecule has 1 aliphatic carbocycles. The molecule has 1 atom stereocenters. The summed E-state index contributed by atoms with van der Waals surface area (Å²) in [5, 5.41) is 23.2. The summed E-state index contributed by atoms with van der Waals surface area (Å²) in [5.74, 6) is -5.17. The summed E-state index contributed by atoms with van der Waals surface area (Å²) in [7, 11) is 0. The van der Waals surface area contributed by atoms with Crippen molar-refractivity contribution in [2.75, 3.05) is 0 Å². The van der Waals surface area contributed by atoms with Crippen molar-refractivity contribution < 1.29 is 18.7 Å². The zero-order chi connectivity index (χ0) is 17.4. The molecule has 2 N–H and O–H groups in total. The van der Waals surface area contributed by atoms with Gasteiger partial charge >= 0.3 is 5.92 Å². The second-order valence-electron chi connectivity index (χ2n) is 5.94. The van der Waals surface area contributed by atoms with Gasteiger partial charge in [0.1, 0.15) is 5.60 Å². The van der Waals surface area contributed by atoms with E-state index in [0.717, 1.165) is 0 Å².